The lowest BCUT2D eigenvalue weighted by atomic mass is 10.1. The molecule has 5 nitrogen and oxygen atoms in total. The molecule has 0 aliphatic carbocycles. The van der Waals surface area contributed by atoms with E-state index in [0.717, 1.165) is 22.9 Å². The number of amides is 1. The molecule has 1 atom stereocenters. The van der Waals surface area contributed by atoms with Gasteiger partial charge in [-0.3, -0.25) is 4.79 Å². The highest BCUT2D eigenvalue weighted by molar-refractivity contribution is 9.10. The van der Waals surface area contributed by atoms with Gasteiger partial charge in [0.2, 0.25) is 5.91 Å². The third kappa shape index (κ3) is 4.31. The highest BCUT2D eigenvalue weighted by atomic mass is 79.9. The second-order valence-electron chi connectivity index (χ2n) is 5.91. The van der Waals surface area contributed by atoms with Crippen molar-refractivity contribution >= 4 is 43.2 Å². The van der Waals surface area contributed by atoms with Gasteiger partial charge in [0.15, 0.2) is 0 Å². The molecule has 0 bridgehead atoms. The van der Waals surface area contributed by atoms with Crippen LogP contribution in [0.3, 0.4) is 0 Å². The largest absolute Gasteiger partial charge is 0.355 e. The summed E-state index contributed by atoms with van der Waals surface area (Å²) in [7, 11) is -3.74. The molecule has 1 aromatic carbocycles. The fourth-order valence-corrected chi connectivity index (χ4v) is 5.85. The summed E-state index contributed by atoms with van der Waals surface area (Å²) < 4.78 is 28.9. The zero-order valence-electron chi connectivity index (χ0n) is 13.5. The van der Waals surface area contributed by atoms with Gasteiger partial charge in [-0.15, -0.1) is 11.3 Å². The smallest absolute Gasteiger partial charge is 0.253 e. The number of hydrogen-bond acceptors (Lipinski definition) is 4. The third-order valence-corrected chi connectivity index (χ3v) is 7.92. The minimum Gasteiger partial charge on any atom is -0.355 e. The first-order chi connectivity index (χ1) is 12.0. The van der Waals surface area contributed by atoms with Crippen LogP contribution >= 0.6 is 27.3 Å². The van der Waals surface area contributed by atoms with E-state index in [1.165, 1.54) is 15.6 Å². The van der Waals surface area contributed by atoms with Gasteiger partial charge in [0.1, 0.15) is 10.3 Å². The number of benzene rings is 1. The minimum atomic E-state index is -3.74. The number of thiophene rings is 1. The lowest BCUT2D eigenvalue weighted by Crippen LogP contribution is -2.48. The topological polar surface area (TPSA) is 66.5 Å². The van der Waals surface area contributed by atoms with Crippen molar-refractivity contribution in [1.82, 2.24) is 9.62 Å². The van der Waals surface area contributed by atoms with Gasteiger partial charge in [0.25, 0.3) is 10.0 Å². The molecule has 0 saturated carbocycles. The molecule has 8 heteroatoms. The van der Waals surface area contributed by atoms with E-state index < -0.39 is 16.1 Å². The lowest BCUT2D eigenvalue weighted by Gasteiger charge is -2.28. The van der Waals surface area contributed by atoms with Crippen molar-refractivity contribution in [2.45, 2.75) is 36.1 Å². The van der Waals surface area contributed by atoms with Gasteiger partial charge in [-0.1, -0.05) is 34.1 Å². The van der Waals surface area contributed by atoms with E-state index in [-0.39, 0.29) is 16.7 Å². The van der Waals surface area contributed by atoms with Crippen molar-refractivity contribution in [3.63, 3.8) is 0 Å². The molecule has 1 saturated heterocycles. The Hall–Kier alpha value is -1.22. The van der Waals surface area contributed by atoms with Gasteiger partial charge in [0, 0.05) is 17.6 Å². The molecule has 1 amide bonds. The number of halogens is 1. The Morgan fingerprint density at radius 2 is 1.96 bits per heavy atom. The number of nitrogens with one attached hydrogen (secondary N) is 1. The molecule has 1 aliphatic rings. The summed E-state index contributed by atoms with van der Waals surface area (Å²) in [5.41, 5.74) is 0.848. The second kappa shape index (κ2) is 7.99. The van der Waals surface area contributed by atoms with Crippen LogP contribution < -0.4 is 5.32 Å². The number of sulfonamides is 1. The van der Waals surface area contributed by atoms with Crippen molar-refractivity contribution in [2.75, 3.05) is 6.54 Å². The van der Waals surface area contributed by atoms with Crippen molar-refractivity contribution < 1.29 is 13.2 Å². The van der Waals surface area contributed by atoms with E-state index in [2.05, 4.69) is 21.2 Å². The molecule has 1 fully saturated rings. The van der Waals surface area contributed by atoms with Gasteiger partial charge in [0.05, 0.1) is 0 Å². The fraction of sp³-hybridized carbons (Fsp3) is 0.353. The molecular formula is C17H19BrN2O3S2. The summed E-state index contributed by atoms with van der Waals surface area (Å²) in [4.78, 5) is 12.5. The van der Waals surface area contributed by atoms with Crippen LogP contribution in [-0.2, 0) is 21.4 Å². The van der Waals surface area contributed by atoms with Crippen LogP contribution in [-0.4, -0.2) is 31.2 Å². The Labute approximate surface area is 160 Å². The summed E-state index contributed by atoms with van der Waals surface area (Å²) in [6, 6.07) is 10.1. The first kappa shape index (κ1) is 18.6. The molecule has 2 heterocycles. The second-order valence-corrected chi connectivity index (χ2v) is 9.89. The lowest BCUT2D eigenvalue weighted by molar-refractivity contribution is -0.124. The zero-order valence-corrected chi connectivity index (χ0v) is 16.7. The number of nitrogens with zero attached hydrogens (tertiary/aromatic N) is 1. The maximum absolute atomic E-state index is 13.2. The molecule has 0 unspecified atom stereocenters. The monoisotopic (exact) mass is 442 g/mol. The Morgan fingerprint density at radius 3 is 2.64 bits per heavy atom. The summed E-state index contributed by atoms with van der Waals surface area (Å²) >= 11 is 4.56. The number of carbonyl (C=O) groups excluding carboxylic acids is 1. The molecule has 1 N–H and O–H groups in total. The molecule has 0 spiro atoms. The van der Waals surface area contributed by atoms with E-state index in [9.17, 15) is 13.2 Å². The van der Waals surface area contributed by atoms with Crippen LogP contribution in [0.2, 0.25) is 0 Å². The highest BCUT2D eigenvalue weighted by Gasteiger charge is 2.36. The minimum absolute atomic E-state index is 0.172. The van der Waals surface area contributed by atoms with Gasteiger partial charge in [-0.05, 0) is 48.4 Å². The van der Waals surface area contributed by atoms with E-state index in [1.54, 1.807) is 17.5 Å². The first-order valence-electron chi connectivity index (χ1n) is 8.06. The summed E-state index contributed by atoms with van der Waals surface area (Å²) in [6.45, 7) is 0.770. The number of carbonyl (C=O) groups is 1. The number of rotatable bonds is 5. The summed E-state index contributed by atoms with van der Waals surface area (Å²) in [5, 5.41) is 4.57. The van der Waals surface area contributed by atoms with E-state index in [0.29, 0.717) is 13.0 Å². The predicted molar refractivity (Wildman–Crippen MR) is 102 cm³/mol. The molecule has 1 aromatic heterocycles. The first-order valence-corrected chi connectivity index (χ1v) is 11.2. The Morgan fingerprint density at radius 1 is 1.20 bits per heavy atom. The molecular weight excluding hydrogens is 424 g/mol. The Balaban J connectivity index is 1.98. The van der Waals surface area contributed by atoms with Gasteiger partial charge >= 0.3 is 0 Å². The summed E-state index contributed by atoms with van der Waals surface area (Å²) in [6.07, 6.45) is 2.22. The average molecular weight is 443 g/mol. The van der Waals surface area contributed by atoms with Crippen molar-refractivity contribution in [1.29, 1.82) is 0 Å². The molecule has 134 valence electrons. The van der Waals surface area contributed by atoms with Crippen LogP contribution in [0, 0.1) is 0 Å². The standard InChI is InChI=1S/C17H19BrN2O3S2/c18-14-8-6-13(7-9-14)12-20(15-4-1-2-10-19-17(15)21)25(22,23)16-5-3-11-24-16/h3,5-9,11,15H,1-2,4,10,12H2,(H,19,21)/t15-/m1/s1. The Kier molecular flexibility index (Phi) is 5.93. The quantitative estimate of drug-likeness (QED) is 0.771. The molecule has 1 aliphatic heterocycles. The SMILES string of the molecule is O=C1NCCCC[C@H]1N(Cc1ccc(Br)cc1)S(=O)(=O)c1cccs1. The molecule has 0 radical (unpaired) electrons. The fourth-order valence-electron chi connectivity index (χ4n) is 2.86. The normalized spacial score (nSPS) is 18.8. The zero-order chi connectivity index (χ0) is 17.9. The van der Waals surface area contributed by atoms with Crippen molar-refractivity contribution in [3.8, 4) is 0 Å². The summed E-state index contributed by atoms with van der Waals surface area (Å²) in [5.74, 6) is -0.213. The van der Waals surface area contributed by atoms with Crippen molar-refractivity contribution in [3.05, 3.63) is 51.8 Å². The van der Waals surface area contributed by atoms with Crippen LogP contribution in [0.5, 0.6) is 0 Å². The predicted octanol–water partition coefficient (Wildman–Crippen LogP) is 3.37. The van der Waals surface area contributed by atoms with Crippen LogP contribution in [0.4, 0.5) is 0 Å². The van der Waals surface area contributed by atoms with Crippen molar-refractivity contribution in [2.24, 2.45) is 0 Å². The maximum Gasteiger partial charge on any atom is 0.253 e. The van der Waals surface area contributed by atoms with E-state index in [1.807, 2.05) is 24.3 Å². The van der Waals surface area contributed by atoms with E-state index >= 15 is 0 Å². The number of hydrogen-bond donors (Lipinski definition) is 1. The molecule has 3 rings (SSSR count). The van der Waals surface area contributed by atoms with Crippen LogP contribution in [0.25, 0.3) is 0 Å². The molecule has 25 heavy (non-hydrogen) atoms. The maximum atomic E-state index is 13.2. The molecule has 2 aromatic rings. The highest BCUT2D eigenvalue weighted by Crippen LogP contribution is 2.27. The van der Waals surface area contributed by atoms with Gasteiger partial charge in [-0.2, -0.15) is 4.31 Å². The Bertz CT molecular complexity index is 820. The van der Waals surface area contributed by atoms with E-state index in [4.69, 9.17) is 0 Å². The van der Waals surface area contributed by atoms with Crippen LogP contribution in [0.1, 0.15) is 24.8 Å². The van der Waals surface area contributed by atoms with Crippen LogP contribution in [0.15, 0.2) is 50.5 Å². The average Bonchev–Trinajstić information content (AvgIpc) is 3.06. The third-order valence-electron chi connectivity index (χ3n) is 4.16. The van der Waals surface area contributed by atoms with Gasteiger partial charge in [-0.25, -0.2) is 8.42 Å². The van der Waals surface area contributed by atoms with Gasteiger partial charge < -0.3 is 5.32 Å².